The van der Waals surface area contributed by atoms with Crippen molar-refractivity contribution in [2.24, 2.45) is 0 Å². The molecule has 11 heteroatoms. The molecule has 2 aromatic rings. The summed E-state index contributed by atoms with van der Waals surface area (Å²) in [7, 11) is -4.35. The van der Waals surface area contributed by atoms with Gasteiger partial charge in [0.15, 0.2) is 0 Å². The van der Waals surface area contributed by atoms with Gasteiger partial charge in [-0.25, -0.2) is 13.4 Å². The Morgan fingerprint density at radius 1 is 1.27 bits per heavy atom. The number of alkyl halides is 3. The number of aliphatic hydroxyl groups is 1. The van der Waals surface area contributed by atoms with Crippen molar-refractivity contribution >= 4 is 21.6 Å². The molecular formula is C19H22ClF3N2O4S. The maximum absolute atomic E-state index is 13.3. The van der Waals surface area contributed by atoms with Crippen LogP contribution < -0.4 is 0 Å². The zero-order valence-corrected chi connectivity index (χ0v) is 18.2. The fourth-order valence-corrected chi connectivity index (χ4v) is 5.48. The van der Waals surface area contributed by atoms with E-state index in [1.54, 1.807) is 0 Å². The topological polar surface area (TPSA) is 83.6 Å². The van der Waals surface area contributed by atoms with Gasteiger partial charge in [0.1, 0.15) is 16.2 Å². The smallest absolute Gasteiger partial charge is 0.416 e. The molecule has 1 aromatic carbocycles. The predicted octanol–water partition coefficient (Wildman–Crippen LogP) is 4.32. The van der Waals surface area contributed by atoms with Gasteiger partial charge in [-0.2, -0.15) is 17.5 Å². The fraction of sp³-hybridized carbons (Fsp3) is 0.526. The molecule has 1 aliphatic rings. The Hall–Kier alpha value is -1.62. The quantitative estimate of drug-likeness (QED) is 0.685. The molecular weight excluding hydrogens is 445 g/mol. The van der Waals surface area contributed by atoms with Crippen LogP contribution in [0.25, 0.3) is 0 Å². The van der Waals surface area contributed by atoms with Gasteiger partial charge in [-0.15, -0.1) is 0 Å². The molecule has 0 bridgehead atoms. The number of sulfonamides is 1. The van der Waals surface area contributed by atoms with Crippen LogP contribution in [0, 0.1) is 0 Å². The molecule has 1 heterocycles. The van der Waals surface area contributed by atoms with Crippen LogP contribution in [-0.2, 0) is 27.2 Å². The second-order valence-electron chi connectivity index (χ2n) is 8.25. The van der Waals surface area contributed by atoms with E-state index in [-0.39, 0.29) is 17.9 Å². The predicted molar refractivity (Wildman–Crippen MR) is 104 cm³/mol. The van der Waals surface area contributed by atoms with Crippen molar-refractivity contribution in [3.8, 4) is 0 Å². The summed E-state index contributed by atoms with van der Waals surface area (Å²) in [5.74, 6) is 0.755. The molecule has 1 saturated carbocycles. The van der Waals surface area contributed by atoms with E-state index in [9.17, 15) is 26.7 Å². The molecule has 30 heavy (non-hydrogen) atoms. The molecule has 1 fully saturated rings. The first-order chi connectivity index (χ1) is 13.7. The first-order valence-corrected chi connectivity index (χ1v) is 11.0. The summed E-state index contributed by atoms with van der Waals surface area (Å²) < 4.78 is 72.3. The molecule has 0 unspecified atom stereocenters. The second-order valence-corrected chi connectivity index (χ2v) is 10.5. The number of benzene rings is 1. The molecule has 0 radical (unpaired) electrons. The monoisotopic (exact) mass is 466 g/mol. The van der Waals surface area contributed by atoms with Crippen molar-refractivity contribution in [2.45, 2.75) is 55.6 Å². The highest BCUT2D eigenvalue weighted by atomic mass is 35.5. The highest BCUT2D eigenvalue weighted by Crippen LogP contribution is 2.53. The minimum absolute atomic E-state index is 0.187. The van der Waals surface area contributed by atoms with Crippen molar-refractivity contribution in [1.29, 1.82) is 0 Å². The molecule has 166 valence electrons. The fourth-order valence-electron chi connectivity index (χ4n) is 3.18. The zero-order chi connectivity index (χ0) is 22.5. The van der Waals surface area contributed by atoms with E-state index in [0.717, 1.165) is 10.4 Å². The van der Waals surface area contributed by atoms with Gasteiger partial charge in [0.25, 0.3) is 0 Å². The van der Waals surface area contributed by atoms with E-state index in [4.69, 9.17) is 16.0 Å². The van der Waals surface area contributed by atoms with Crippen LogP contribution in [0.1, 0.15) is 50.8 Å². The maximum Gasteiger partial charge on any atom is 0.416 e. The summed E-state index contributed by atoms with van der Waals surface area (Å²) in [6, 6.07) is 2.07. The van der Waals surface area contributed by atoms with Gasteiger partial charge in [0, 0.05) is 12.0 Å². The van der Waals surface area contributed by atoms with Gasteiger partial charge in [-0.3, -0.25) is 0 Å². The number of hydrogen-bond donors (Lipinski definition) is 1. The Kier molecular flexibility index (Phi) is 5.77. The molecule has 0 saturated heterocycles. The van der Waals surface area contributed by atoms with Crippen LogP contribution in [0.4, 0.5) is 13.2 Å². The number of halogens is 4. The Labute approximate surface area is 177 Å². The third-order valence-corrected chi connectivity index (χ3v) is 7.42. The van der Waals surface area contributed by atoms with Crippen molar-refractivity contribution < 1.29 is 31.1 Å². The highest BCUT2D eigenvalue weighted by Gasteiger charge is 2.58. The third-order valence-electron chi connectivity index (χ3n) is 4.97. The standard InChI is InChI=1S/C19H22ClF3N2O4S/c1-17(2,3)15-11-24-16(29-15)18(6-7-18)25(8-9-26)30(27,28)14-5-4-12(10-13(14)20)19(21,22)23/h4-5,10-11,26H,6-9H2,1-3H3. The van der Waals surface area contributed by atoms with Gasteiger partial charge < -0.3 is 9.52 Å². The lowest BCUT2D eigenvalue weighted by Crippen LogP contribution is -2.42. The Morgan fingerprint density at radius 2 is 1.90 bits per heavy atom. The number of oxazole rings is 1. The summed E-state index contributed by atoms with van der Waals surface area (Å²) in [5.41, 5.74) is -2.51. The molecule has 3 rings (SSSR count). The van der Waals surface area contributed by atoms with E-state index in [1.165, 1.54) is 6.20 Å². The number of rotatable bonds is 6. The van der Waals surface area contributed by atoms with Gasteiger partial charge in [-0.05, 0) is 31.0 Å². The Morgan fingerprint density at radius 3 is 2.33 bits per heavy atom. The first kappa shape index (κ1) is 23.1. The zero-order valence-electron chi connectivity index (χ0n) is 16.6. The number of hydrogen-bond acceptors (Lipinski definition) is 5. The maximum atomic E-state index is 13.3. The summed E-state index contributed by atoms with van der Waals surface area (Å²) in [5, 5.41) is 8.95. The van der Waals surface area contributed by atoms with E-state index in [1.807, 2.05) is 20.8 Å². The summed E-state index contributed by atoms with van der Waals surface area (Å²) in [6.07, 6.45) is -2.33. The third kappa shape index (κ3) is 4.10. The van der Waals surface area contributed by atoms with Crippen LogP contribution in [0.5, 0.6) is 0 Å². The van der Waals surface area contributed by atoms with Gasteiger partial charge >= 0.3 is 6.18 Å². The average Bonchev–Trinajstić information content (AvgIpc) is 3.23. The van der Waals surface area contributed by atoms with Crippen molar-refractivity contribution in [1.82, 2.24) is 9.29 Å². The molecule has 0 aliphatic heterocycles. The van der Waals surface area contributed by atoms with E-state index in [0.29, 0.717) is 30.7 Å². The van der Waals surface area contributed by atoms with Crippen molar-refractivity contribution in [3.63, 3.8) is 0 Å². The lowest BCUT2D eigenvalue weighted by Gasteiger charge is -2.29. The van der Waals surface area contributed by atoms with E-state index < -0.39 is 43.8 Å². The molecule has 6 nitrogen and oxygen atoms in total. The van der Waals surface area contributed by atoms with E-state index in [2.05, 4.69) is 4.98 Å². The molecule has 0 atom stereocenters. The normalized spacial score (nSPS) is 16.8. The van der Waals surface area contributed by atoms with Gasteiger partial charge in [-0.1, -0.05) is 32.4 Å². The first-order valence-electron chi connectivity index (χ1n) is 9.21. The summed E-state index contributed by atoms with van der Waals surface area (Å²) in [6.45, 7) is 4.97. The van der Waals surface area contributed by atoms with Crippen LogP contribution in [0.15, 0.2) is 33.7 Å². The minimum atomic E-state index is -4.66. The van der Waals surface area contributed by atoms with Crippen molar-refractivity contribution in [2.75, 3.05) is 13.2 Å². The largest absolute Gasteiger partial charge is 0.443 e. The molecule has 1 N–H and O–H groups in total. The van der Waals surface area contributed by atoms with Crippen LogP contribution in [-0.4, -0.2) is 36.0 Å². The van der Waals surface area contributed by atoms with Crippen molar-refractivity contribution in [3.05, 3.63) is 46.6 Å². The minimum Gasteiger partial charge on any atom is -0.443 e. The van der Waals surface area contributed by atoms with Gasteiger partial charge in [0.05, 0.1) is 23.4 Å². The SMILES string of the molecule is CC(C)(C)c1cnc(C2(N(CCO)S(=O)(=O)c3ccc(C(F)(F)F)cc3Cl)CC2)o1. The molecule has 0 amide bonds. The lowest BCUT2D eigenvalue weighted by molar-refractivity contribution is -0.137. The Bertz CT molecular complexity index is 1040. The molecule has 1 aromatic heterocycles. The number of aromatic nitrogens is 1. The second kappa shape index (κ2) is 7.51. The number of aliphatic hydroxyl groups excluding tert-OH is 1. The van der Waals surface area contributed by atoms with E-state index >= 15 is 0 Å². The summed E-state index contributed by atoms with van der Waals surface area (Å²) >= 11 is 5.94. The van der Waals surface area contributed by atoms with Crippen LogP contribution >= 0.6 is 11.6 Å². The highest BCUT2D eigenvalue weighted by molar-refractivity contribution is 7.89. The van der Waals surface area contributed by atoms with Crippen LogP contribution in [0.2, 0.25) is 5.02 Å². The lowest BCUT2D eigenvalue weighted by atomic mass is 9.94. The number of nitrogens with zero attached hydrogens (tertiary/aromatic N) is 2. The average molecular weight is 467 g/mol. The summed E-state index contributed by atoms with van der Waals surface area (Å²) in [4.78, 5) is 3.79. The molecule has 1 aliphatic carbocycles. The van der Waals surface area contributed by atoms with Gasteiger partial charge in [0.2, 0.25) is 15.9 Å². The van der Waals surface area contributed by atoms with Crippen LogP contribution in [0.3, 0.4) is 0 Å². The Balaban J connectivity index is 2.05. The molecule has 0 spiro atoms.